The average molecular weight is 204 g/mol. The quantitative estimate of drug-likeness (QED) is 0.559. The Bertz CT molecular complexity index is 309. The first-order valence-electron chi connectivity index (χ1n) is 4.99. The Morgan fingerprint density at radius 2 is 2.00 bits per heavy atom. The van der Waals surface area contributed by atoms with Crippen LogP contribution < -0.4 is 10.6 Å². The van der Waals surface area contributed by atoms with Gasteiger partial charge in [0.2, 0.25) is 0 Å². The second-order valence-electron chi connectivity index (χ2n) is 3.17. The second kappa shape index (κ2) is 6.65. The van der Waals surface area contributed by atoms with Crippen molar-refractivity contribution in [1.82, 2.24) is 10.6 Å². The highest BCUT2D eigenvalue weighted by Crippen LogP contribution is 1.96. The number of hydrogen-bond donors (Lipinski definition) is 2. The third-order valence-corrected chi connectivity index (χ3v) is 1.93. The molecule has 0 aliphatic rings. The van der Waals surface area contributed by atoms with Gasteiger partial charge in [0, 0.05) is 13.1 Å². The number of rotatable bonds is 5. The lowest BCUT2D eigenvalue weighted by Gasteiger charge is -2.06. The lowest BCUT2D eigenvalue weighted by atomic mass is 10.2. The number of benzene rings is 1. The van der Waals surface area contributed by atoms with Gasteiger partial charge in [-0.05, 0) is 12.0 Å². The summed E-state index contributed by atoms with van der Waals surface area (Å²) in [6.45, 7) is 4.76. The van der Waals surface area contributed by atoms with Crippen LogP contribution in [0.15, 0.2) is 43.0 Å². The van der Waals surface area contributed by atoms with Crippen molar-refractivity contribution < 1.29 is 4.79 Å². The van der Waals surface area contributed by atoms with Gasteiger partial charge in [-0.15, -0.1) is 6.58 Å². The molecule has 15 heavy (non-hydrogen) atoms. The average Bonchev–Trinajstić information content (AvgIpc) is 2.28. The summed E-state index contributed by atoms with van der Waals surface area (Å²) in [4.78, 5) is 11.2. The summed E-state index contributed by atoms with van der Waals surface area (Å²) in [5.41, 5.74) is 1.09. The normalized spacial score (nSPS) is 9.33. The van der Waals surface area contributed by atoms with Crippen molar-refractivity contribution in [2.75, 3.05) is 6.54 Å². The Hall–Kier alpha value is -1.77. The molecule has 0 saturated carbocycles. The van der Waals surface area contributed by atoms with Gasteiger partial charge in [0.05, 0.1) is 0 Å². The minimum absolute atomic E-state index is 0.138. The fraction of sp³-hybridized carbons (Fsp3) is 0.250. The highest BCUT2D eigenvalue weighted by molar-refractivity contribution is 5.73. The van der Waals surface area contributed by atoms with E-state index in [9.17, 15) is 4.79 Å². The summed E-state index contributed by atoms with van der Waals surface area (Å²) >= 11 is 0. The molecule has 0 saturated heterocycles. The van der Waals surface area contributed by atoms with Crippen LogP contribution in [-0.2, 0) is 6.54 Å². The summed E-state index contributed by atoms with van der Waals surface area (Å²) in [7, 11) is 0. The molecule has 1 rings (SSSR count). The molecule has 0 aliphatic carbocycles. The van der Waals surface area contributed by atoms with Crippen molar-refractivity contribution in [3.05, 3.63) is 48.6 Å². The third-order valence-electron chi connectivity index (χ3n) is 1.93. The largest absolute Gasteiger partial charge is 0.338 e. The Balaban J connectivity index is 2.20. The maximum absolute atomic E-state index is 11.2. The standard InChI is InChI=1S/C12H16N2O/c1-2-3-9-13-12(15)14-10-11-7-5-4-6-8-11/h2,4-8H,1,3,9-10H2,(H2,13,14,15). The number of carbonyl (C=O) groups is 1. The fourth-order valence-corrected chi connectivity index (χ4v) is 1.13. The molecule has 0 aromatic heterocycles. The van der Waals surface area contributed by atoms with E-state index in [0.717, 1.165) is 12.0 Å². The first-order chi connectivity index (χ1) is 7.33. The predicted molar refractivity (Wildman–Crippen MR) is 61.5 cm³/mol. The van der Waals surface area contributed by atoms with E-state index < -0.39 is 0 Å². The topological polar surface area (TPSA) is 41.1 Å². The van der Waals surface area contributed by atoms with Crippen molar-refractivity contribution in [2.45, 2.75) is 13.0 Å². The third kappa shape index (κ3) is 4.86. The van der Waals surface area contributed by atoms with Gasteiger partial charge in [-0.25, -0.2) is 4.79 Å². The summed E-state index contributed by atoms with van der Waals surface area (Å²) in [5, 5.41) is 5.51. The van der Waals surface area contributed by atoms with Crippen LogP contribution in [0.5, 0.6) is 0 Å². The summed E-state index contributed by atoms with van der Waals surface area (Å²) in [6.07, 6.45) is 2.57. The fourth-order valence-electron chi connectivity index (χ4n) is 1.13. The van der Waals surface area contributed by atoms with Crippen molar-refractivity contribution in [3.63, 3.8) is 0 Å². The molecule has 0 spiro atoms. The maximum atomic E-state index is 11.2. The highest BCUT2D eigenvalue weighted by Gasteiger charge is 1.97. The summed E-state index contributed by atoms with van der Waals surface area (Å²) in [5.74, 6) is 0. The molecule has 2 N–H and O–H groups in total. The molecule has 0 radical (unpaired) electrons. The van der Waals surface area contributed by atoms with Crippen LogP contribution >= 0.6 is 0 Å². The van der Waals surface area contributed by atoms with Crippen molar-refractivity contribution in [3.8, 4) is 0 Å². The molecule has 0 aliphatic heterocycles. The molecule has 3 nitrogen and oxygen atoms in total. The van der Waals surface area contributed by atoms with Gasteiger partial charge >= 0.3 is 6.03 Å². The van der Waals surface area contributed by atoms with Crippen molar-refractivity contribution >= 4 is 6.03 Å². The van der Waals surface area contributed by atoms with Gasteiger partial charge in [0.15, 0.2) is 0 Å². The molecule has 1 aromatic carbocycles. The number of urea groups is 1. The number of nitrogens with one attached hydrogen (secondary N) is 2. The lowest BCUT2D eigenvalue weighted by molar-refractivity contribution is 0.240. The monoisotopic (exact) mass is 204 g/mol. The van der Waals surface area contributed by atoms with Gasteiger partial charge in [-0.3, -0.25) is 0 Å². The highest BCUT2D eigenvalue weighted by atomic mass is 16.2. The van der Waals surface area contributed by atoms with Crippen LogP contribution in [0.4, 0.5) is 4.79 Å². The van der Waals surface area contributed by atoms with Crippen LogP contribution in [0.3, 0.4) is 0 Å². The van der Waals surface area contributed by atoms with E-state index in [1.54, 1.807) is 6.08 Å². The van der Waals surface area contributed by atoms with E-state index in [1.807, 2.05) is 30.3 Å². The van der Waals surface area contributed by atoms with E-state index in [1.165, 1.54) is 0 Å². The van der Waals surface area contributed by atoms with E-state index >= 15 is 0 Å². The maximum Gasteiger partial charge on any atom is 0.315 e. The van der Waals surface area contributed by atoms with E-state index in [2.05, 4.69) is 17.2 Å². The molecule has 0 bridgehead atoms. The summed E-state index contributed by atoms with van der Waals surface area (Å²) < 4.78 is 0. The zero-order valence-electron chi connectivity index (χ0n) is 8.70. The summed E-state index contributed by atoms with van der Waals surface area (Å²) in [6, 6.07) is 9.67. The molecule has 3 heteroatoms. The molecule has 0 unspecified atom stereocenters. The van der Waals surface area contributed by atoms with Gasteiger partial charge in [0.25, 0.3) is 0 Å². The second-order valence-corrected chi connectivity index (χ2v) is 3.17. The molecule has 1 aromatic rings. The minimum Gasteiger partial charge on any atom is -0.338 e. The van der Waals surface area contributed by atoms with Crippen LogP contribution in [0, 0.1) is 0 Å². The van der Waals surface area contributed by atoms with Gasteiger partial charge in [-0.1, -0.05) is 36.4 Å². The molecular formula is C12H16N2O. The molecule has 2 amide bonds. The van der Waals surface area contributed by atoms with Crippen molar-refractivity contribution in [1.29, 1.82) is 0 Å². The molecule has 0 fully saturated rings. The number of carbonyl (C=O) groups excluding carboxylic acids is 1. The van der Waals surface area contributed by atoms with Gasteiger partial charge < -0.3 is 10.6 Å². The first-order valence-corrected chi connectivity index (χ1v) is 4.99. The van der Waals surface area contributed by atoms with E-state index in [4.69, 9.17) is 0 Å². The zero-order chi connectivity index (χ0) is 10.9. The molecule has 80 valence electrons. The van der Waals surface area contributed by atoms with E-state index in [0.29, 0.717) is 13.1 Å². The first kappa shape index (κ1) is 11.3. The SMILES string of the molecule is C=CCCNC(=O)NCc1ccccc1. The van der Waals surface area contributed by atoms with Crippen LogP contribution in [0.1, 0.15) is 12.0 Å². The minimum atomic E-state index is -0.138. The van der Waals surface area contributed by atoms with Gasteiger partial charge in [-0.2, -0.15) is 0 Å². The Morgan fingerprint density at radius 3 is 2.67 bits per heavy atom. The Labute approximate surface area is 90.2 Å². The smallest absolute Gasteiger partial charge is 0.315 e. The van der Waals surface area contributed by atoms with Crippen LogP contribution in [0.25, 0.3) is 0 Å². The number of amides is 2. The molecule has 0 heterocycles. The molecular weight excluding hydrogens is 188 g/mol. The Morgan fingerprint density at radius 1 is 1.27 bits per heavy atom. The van der Waals surface area contributed by atoms with Crippen LogP contribution in [0.2, 0.25) is 0 Å². The molecule has 0 atom stereocenters. The van der Waals surface area contributed by atoms with Crippen molar-refractivity contribution in [2.24, 2.45) is 0 Å². The lowest BCUT2D eigenvalue weighted by Crippen LogP contribution is -2.35. The number of hydrogen-bond acceptors (Lipinski definition) is 1. The van der Waals surface area contributed by atoms with Crippen LogP contribution in [-0.4, -0.2) is 12.6 Å². The van der Waals surface area contributed by atoms with Gasteiger partial charge in [0.1, 0.15) is 0 Å². The zero-order valence-corrected chi connectivity index (χ0v) is 8.70. The Kier molecular flexibility index (Phi) is 5.01. The predicted octanol–water partition coefficient (Wildman–Crippen LogP) is 2.06. The van der Waals surface area contributed by atoms with E-state index in [-0.39, 0.29) is 6.03 Å².